The van der Waals surface area contributed by atoms with Gasteiger partial charge in [-0.3, -0.25) is 0 Å². The summed E-state index contributed by atoms with van der Waals surface area (Å²) in [6.07, 6.45) is 0. The van der Waals surface area contributed by atoms with Crippen molar-refractivity contribution in [3.05, 3.63) is 53.6 Å². The van der Waals surface area contributed by atoms with Crippen molar-refractivity contribution >= 4 is 22.6 Å². The Morgan fingerprint density at radius 1 is 1.06 bits per heavy atom. The lowest BCUT2D eigenvalue weighted by Gasteiger charge is -2.04. The van der Waals surface area contributed by atoms with Crippen LogP contribution in [0.2, 0.25) is 5.02 Å². The van der Waals surface area contributed by atoms with Gasteiger partial charge in [0, 0.05) is 10.4 Å². The fraction of sp³-hybridized carbons (Fsp3) is 0.0667. The van der Waals surface area contributed by atoms with Crippen molar-refractivity contribution in [1.29, 1.82) is 0 Å². The van der Waals surface area contributed by atoms with E-state index in [2.05, 4.69) is 0 Å². The van der Waals surface area contributed by atoms with Crippen molar-refractivity contribution in [2.24, 2.45) is 0 Å². The van der Waals surface area contributed by atoms with Crippen LogP contribution in [0.1, 0.15) is 0 Å². The molecule has 0 saturated heterocycles. The van der Waals surface area contributed by atoms with Crippen LogP contribution in [-0.2, 0) is 0 Å². The van der Waals surface area contributed by atoms with Gasteiger partial charge in [-0.05, 0) is 36.4 Å². The Morgan fingerprint density at radius 2 is 1.89 bits per heavy atom. The second kappa shape index (κ2) is 4.39. The molecule has 18 heavy (non-hydrogen) atoms. The number of para-hydroxylation sites is 1. The summed E-state index contributed by atoms with van der Waals surface area (Å²) in [6, 6.07) is 15.3. The molecule has 0 aliphatic heterocycles. The number of methoxy groups -OCH3 is 1. The molecule has 0 aliphatic carbocycles. The maximum Gasteiger partial charge on any atom is 0.139 e. The van der Waals surface area contributed by atoms with Crippen LogP contribution in [0.5, 0.6) is 5.75 Å². The molecule has 3 heteroatoms. The average Bonchev–Trinajstić information content (AvgIpc) is 2.81. The smallest absolute Gasteiger partial charge is 0.139 e. The standard InChI is InChI=1S/C15H11ClO2/c1-17-14-5-3-2-4-12(14)15-9-10-8-11(16)6-7-13(10)18-15/h2-9H,1H3. The van der Waals surface area contributed by atoms with E-state index in [0.717, 1.165) is 28.0 Å². The van der Waals surface area contributed by atoms with Gasteiger partial charge in [-0.25, -0.2) is 0 Å². The fourth-order valence-corrected chi connectivity index (χ4v) is 2.18. The van der Waals surface area contributed by atoms with Crippen molar-refractivity contribution in [2.45, 2.75) is 0 Å². The highest BCUT2D eigenvalue weighted by atomic mass is 35.5. The van der Waals surface area contributed by atoms with Gasteiger partial charge >= 0.3 is 0 Å². The topological polar surface area (TPSA) is 22.4 Å². The summed E-state index contributed by atoms with van der Waals surface area (Å²) in [7, 11) is 1.65. The van der Waals surface area contributed by atoms with Crippen LogP contribution in [-0.4, -0.2) is 7.11 Å². The summed E-state index contributed by atoms with van der Waals surface area (Å²) < 4.78 is 11.1. The first-order chi connectivity index (χ1) is 8.78. The van der Waals surface area contributed by atoms with Crippen LogP contribution < -0.4 is 4.74 Å². The zero-order valence-electron chi connectivity index (χ0n) is 9.81. The Bertz CT molecular complexity index is 701. The summed E-state index contributed by atoms with van der Waals surface area (Å²) in [4.78, 5) is 0. The van der Waals surface area contributed by atoms with Crippen LogP contribution in [0.15, 0.2) is 52.9 Å². The van der Waals surface area contributed by atoms with E-state index in [9.17, 15) is 0 Å². The minimum Gasteiger partial charge on any atom is -0.496 e. The first-order valence-electron chi connectivity index (χ1n) is 5.60. The van der Waals surface area contributed by atoms with Gasteiger partial charge in [0.1, 0.15) is 17.1 Å². The lowest BCUT2D eigenvalue weighted by Crippen LogP contribution is -1.85. The van der Waals surface area contributed by atoms with E-state index in [1.165, 1.54) is 0 Å². The van der Waals surface area contributed by atoms with E-state index < -0.39 is 0 Å². The van der Waals surface area contributed by atoms with E-state index in [4.69, 9.17) is 20.8 Å². The van der Waals surface area contributed by atoms with Gasteiger partial charge in [-0.15, -0.1) is 0 Å². The molecule has 0 radical (unpaired) electrons. The van der Waals surface area contributed by atoms with Gasteiger partial charge in [-0.2, -0.15) is 0 Å². The molecule has 0 N–H and O–H groups in total. The van der Waals surface area contributed by atoms with Gasteiger partial charge in [-0.1, -0.05) is 23.7 Å². The Labute approximate surface area is 110 Å². The first kappa shape index (κ1) is 11.2. The summed E-state index contributed by atoms with van der Waals surface area (Å²) in [5, 5.41) is 1.69. The second-order valence-electron chi connectivity index (χ2n) is 3.99. The zero-order chi connectivity index (χ0) is 12.5. The summed E-state index contributed by atoms with van der Waals surface area (Å²) in [5.74, 6) is 1.58. The highest BCUT2D eigenvalue weighted by Gasteiger charge is 2.10. The van der Waals surface area contributed by atoms with E-state index in [1.807, 2.05) is 48.5 Å². The molecule has 0 spiro atoms. The van der Waals surface area contributed by atoms with Crippen molar-refractivity contribution < 1.29 is 9.15 Å². The normalized spacial score (nSPS) is 10.8. The fourth-order valence-electron chi connectivity index (χ4n) is 2.00. The number of furan rings is 1. The lowest BCUT2D eigenvalue weighted by molar-refractivity contribution is 0.415. The SMILES string of the molecule is COc1ccccc1-c1cc2cc(Cl)ccc2o1. The third-order valence-corrected chi connectivity index (χ3v) is 3.09. The van der Waals surface area contributed by atoms with Gasteiger partial charge in [0.2, 0.25) is 0 Å². The monoisotopic (exact) mass is 258 g/mol. The first-order valence-corrected chi connectivity index (χ1v) is 5.98. The Kier molecular flexibility index (Phi) is 2.73. The van der Waals surface area contributed by atoms with E-state index >= 15 is 0 Å². The molecule has 0 saturated carbocycles. The molecule has 90 valence electrons. The quantitative estimate of drug-likeness (QED) is 0.661. The molecule has 0 amide bonds. The minimum atomic E-state index is 0.704. The molecule has 2 nitrogen and oxygen atoms in total. The molecule has 1 heterocycles. The number of ether oxygens (including phenoxy) is 1. The third-order valence-electron chi connectivity index (χ3n) is 2.85. The highest BCUT2D eigenvalue weighted by molar-refractivity contribution is 6.31. The molecule has 3 rings (SSSR count). The van der Waals surface area contributed by atoms with Gasteiger partial charge in [0.05, 0.1) is 12.7 Å². The zero-order valence-corrected chi connectivity index (χ0v) is 10.6. The van der Waals surface area contributed by atoms with Crippen molar-refractivity contribution in [1.82, 2.24) is 0 Å². The highest BCUT2D eigenvalue weighted by Crippen LogP contribution is 2.34. The van der Waals surface area contributed by atoms with Crippen LogP contribution in [0, 0.1) is 0 Å². The molecule has 0 bridgehead atoms. The van der Waals surface area contributed by atoms with Crippen LogP contribution in [0.4, 0.5) is 0 Å². The van der Waals surface area contributed by atoms with Crippen LogP contribution >= 0.6 is 11.6 Å². The number of rotatable bonds is 2. The third kappa shape index (κ3) is 1.85. The van der Waals surface area contributed by atoms with Crippen molar-refractivity contribution in [2.75, 3.05) is 7.11 Å². The number of hydrogen-bond acceptors (Lipinski definition) is 2. The number of benzene rings is 2. The average molecular weight is 259 g/mol. The summed E-state index contributed by atoms with van der Waals surface area (Å²) >= 11 is 5.97. The van der Waals surface area contributed by atoms with Crippen molar-refractivity contribution in [3.8, 4) is 17.1 Å². The largest absolute Gasteiger partial charge is 0.496 e. The predicted octanol–water partition coefficient (Wildman–Crippen LogP) is 4.76. The lowest BCUT2D eigenvalue weighted by atomic mass is 10.1. The Hall–Kier alpha value is -1.93. The molecule has 0 unspecified atom stereocenters. The summed E-state index contributed by atoms with van der Waals surface area (Å²) in [6.45, 7) is 0. The van der Waals surface area contributed by atoms with Gasteiger partial charge in [0.25, 0.3) is 0 Å². The Balaban J connectivity index is 2.19. The Morgan fingerprint density at radius 3 is 2.72 bits per heavy atom. The molecular formula is C15H11ClO2. The molecular weight excluding hydrogens is 248 g/mol. The second-order valence-corrected chi connectivity index (χ2v) is 4.43. The molecule has 2 aromatic carbocycles. The van der Waals surface area contributed by atoms with Gasteiger partial charge in [0.15, 0.2) is 0 Å². The molecule has 0 atom stereocenters. The number of halogens is 1. The minimum absolute atomic E-state index is 0.704. The molecule has 0 fully saturated rings. The van der Waals surface area contributed by atoms with Crippen LogP contribution in [0.3, 0.4) is 0 Å². The van der Waals surface area contributed by atoms with Crippen molar-refractivity contribution in [3.63, 3.8) is 0 Å². The maximum absolute atomic E-state index is 5.97. The number of hydrogen-bond donors (Lipinski definition) is 0. The summed E-state index contributed by atoms with van der Waals surface area (Å²) in [5.41, 5.74) is 1.76. The number of fused-ring (bicyclic) bond motifs is 1. The predicted molar refractivity (Wildman–Crippen MR) is 73.2 cm³/mol. The van der Waals surface area contributed by atoms with Gasteiger partial charge < -0.3 is 9.15 Å². The van der Waals surface area contributed by atoms with E-state index in [0.29, 0.717) is 5.02 Å². The maximum atomic E-state index is 5.97. The molecule has 0 aliphatic rings. The van der Waals surface area contributed by atoms with E-state index in [1.54, 1.807) is 7.11 Å². The molecule has 3 aromatic rings. The van der Waals surface area contributed by atoms with E-state index in [-0.39, 0.29) is 0 Å². The molecule has 1 aromatic heterocycles. The van der Waals surface area contributed by atoms with Crippen LogP contribution in [0.25, 0.3) is 22.3 Å².